The first-order chi connectivity index (χ1) is 53.5. The maximum absolute atomic E-state index is 16.4. The van der Waals surface area contributed by atoms with Crippen molar-refractivity contribution in [1.29, 1.82) is 0 Å². The SMILES string of the molecule is C[C@@H]1O[C@@H](O[C@H]2[C@H](O[C@H]3CC[C@]4(C)[C@H]5CC=C6[C@@H]7CC(C)(C)CC[C@]7(C(=O)OC(c7ccccc7)(c7ccccc7)c7ccccc7)CC[C@@]6(C)[C@]5(C)CC[C@H]4C3(C)C)OC[C@@H](OC(=O)c3ccccc3)[C@@H]2OC(=O)c2ccccc2)[C@H](OC(=O)c2ccccc2)[C@H](OC(=O)c2ccccc2)[C@H]1OC(=O)c1ccccc1. The molecule has 0 bridgehead atoms. The fraction of sp³-hybridized carbons (Fsp3) is 0.411. The monoisotopic (exact) mass is 1500 g/mol. The molecule has 8 aromatic carbocycles. The molecule has 576 valence electrons. The third kappa shape index (κ3) is 14.4. The van der Waals surface area contributed by atoms with E-state index in [1.807, 2.05) is 54.6 Å². The molecule has 16 heteroatoms. The largest absolute Gasteiger partial charge is 0.452 e. The minimum Gasteiger partial charge on any atom is -0.452 e. The minimum atomic E-state index is -1.75. The molecule has 0 N–H and O–H groups in total. The van der Waals surface area contributed by atoms with Gasteiger partial charge in [-0.3, -0.25) is 4.79 Å². The summed E-state index contributed by atoms with van der Waals surface area (Å²) in [6.07, 6.45) is -3.60. The minimum absolute atomic E-state index is 0.0310. The zero-order valence-electron chi connectivity index (χ0n) is 64.5. The van der Waals surface area contributed by atoms with Gasteiger partial charge < -0.3 is 47.4 Å². The van der Waals surface area contributed by atoms with Gasteiger partial charge in [0.1, 0.15) is 0 Å². The van der Waals surface area contributed by atoms with Crippen LogP contribution in [-0.2, 0) is 57.8 Å². The van der Waals surface area contributed by atoms with Gasteiger partial charge in [0.25, 0.3) is 0 Å². The molecule has 111 heavy (non-hydrogen) atoms. The summed E-state index contributed by atoms with van der Waals surface area (Å²) in [6.45, 7) is 18.2. The van der Waals surface area contributed by atoms with Crippen molar-refractivity contribution in [1.82, 2.24) is 0 Å². The number of hydrogen-bond acceptors (Lipinski definition) is 16. The van der Waals surface area contributed by atoms with Crippen LogP contribution >= 0.6 is 0 Å². The van der Waals surface area contributed by atoms with Crippen LogP contribution in [0.25, 0.3) is 0 Å². The van der Waals surface area contributed by atoms with E-state index in [9.17, 15) is 24.0 Å². The van der Waals surface area contributed by atoms with E-state index in [4.69, 9.17) is 47.4 Å². The third-order valence-electron chi connectivity index (χ3n) is 26.7. The van der Waals surface area contributed by atoms with E-state index in [1.165, 1.54) is 5.57 Å². The number of rotatable bonds is 19. The summed E-state index contributed by atoms with van der Waals surface area (Å²) in [5.74, 6) is -3.86. The number of fused-ring (bicyclic) bond motifs is 7. The van der Waals surface area contributed by atoms with Gasteiger partial charge in [-0.25, -0.2) is 24.0 Å². The van der Waals surface area contributed by atoms with Gasteiger partial charge in [0.05, 0.1) is 52.0 Å². The molecule has 2 heterocycles. The molecule has 0 amide bonds. The summed E-state index contributed by atoms with van der Waals surface area (Å²) in [5.41, 5.74) is 1.69. The number of allylic oxidation sites excluding steroid dienone is 2. The Kier molecular flexibility index (Phi) is 21.4. The standard InChI is InChI=1S/C95H100O16/c1-61-76(106-82(97)63-35-19-10-20-36-63)78(108-84(99)65-39-23-12-24-40-65)80(109-85(100)66-41-25-13-26-42-66)87(103-61)110-79-77(107-83(98)64-37-21-11-22-38-64)72(104-81(96)62-33-17-9-18-34-62)60-102-86(79)105-75-52-53-91(6)73(90(75,4)5)51-54-93(8)74(91)50-49-70-71-59-89(2,3)55-57-94(71,58-56-92(70,93)7)88(101)111-95(67-43-27-14-28-44-67,68-45-29-15-30-46-68)69-47-31-16-32-48-69/h9-49,61,71-80,86-87H,50-60H2,1-8H3/t61-,71-,72+,73-,74+,75-,76-,77-,78+,79+,80+,86-,87-,91-,92+,93+,94-/m0/s1. The summed E-state index contributed by atoms with van der Waals surface area (Å²) in [7, 11) is 0. The zero-order chi connectivity index (χ0) is 77.5. The van der Waals surface area contributed by atoms with Crippen molar-refractivity contribution in [3.05, 3.63) is 299 Å². The fourth-order valence-corrected chi connectivity index (χ4v) is 20.7. The van der Waals surface area contributed by atoms with Gasteiger partial charge >= 0.3 is 35.8 Å². The fourth-order valence-electron chi connectivity index (χ4n) is 20.7. The summed E-state index contributed by atoms with van der Waals surface area (Å²) in [5, 5.41) is 0. The number of carbonyl (C=O) groups is 6. The van der Waals surface area contributed by atoms with E-state index >= 15 is 4.79 Å². The molecule has 17 atom stereocenters. The van der Waals surface area contributed by atoms with E-state index in [0.717, 1.165) is 68.1 Å². The predicted octanol–water partition coefficient (Wildman–Crippen LogP) is 18.3. The van der Waals surface area contributed by atoms with Gasteiger partial charge in [-0.2, -0.15) is 0 Å². The molecule has 4 saturated carbocycles. The van der Waals surface area contributed by atoms with Gasteiger partial charge in [-0.15, -0.1) is 0 Å². The lowest BCUT2D eigenvalue weighted by molar-refractivity contribution is -0.362. The first kappa shape index (κ1) is 76.5. The molecule has 0 unspecified atom stereocenters. The Morgan fingerprint density at radius 2 is 0.838 bits per heavy atom. The Morgan fingerprint density at radius 1 is 0.414 bits per heavy atom. The summed E-state index contributed by atoms with van der Waals surface area (Å²) in [4.78, 5) is 89.5. The Balaban J connectivity index is 0.774. The highest BCUT2D eigenvalue weighted by Gasteiger charge is 2.71. The highest BCUT2D eigenvalue weighted by Crippen LogP contribution is 2.76. The number of esters is 6. The summed E-state index contributed by atoms with van der Waals surface area (Å²) < 4.78 is 68.5. The molecule has 6 fully saturated rings. The van der Waals surface area contributed by atoms with Crippen LogP contribution in [0.4, 0.5) is 0 Å². The molecule has 5 aliphatic carbocycles. The van der Waals surface area contributed by atoms with Gasteiger partial charge in [0.15, 0.2) is 54.8 Å². The Labute approximate surface area is 650 Å². The van der Waals surface area contributed by atoms with Gasteiger partial charge in [0.2, 0.25) is 0 Å². The highest BCUT2D eigenvalue weighted by molar-refractivity contribution is 5.92. The average molecular weight is 1500 g/mol. The van der Waals surface area contributed by atoms with Crippen molar-refractivity contribution < 1.29 is 76.1 Å². The Hall–Kier alpha value is -9.84. The molecule has 0 radical (unpaired) electrons. The molecule has 0 aromatic heterocycles. The Morgan fingerprint density at radius 3 is 1.32 bits per heavy atom. The van der Waals surface area contributed by atoms with E-state index in [0.29, 0.717) is 12.8 Å². The lowest BCUT2D eigenvalue weighted by Crippen LogP contribution is -2.67. The van der Waals surface area contributed by atoms with Crippen LogP contribution in [-0.4, -0.2) is 104 Å². The molecule has 8 aromatic rings. The first-order valence-corrected chi connectivity index (χ1v) is 39.5. The van der Waals surface area contributed by atoms with Crippen LogP contribution in [0.5, 0.6) is 0 Å². The molecule has 15 rings (SSSR count). The quantitative estimate of drug-likeness (QED) is 0.0244. The first-order valence-electron chi connectivity index (χ1n) is 39.5. The van der Waals surface area contributed by atoms with Gasteiger partial charge in [-0.05, 0) is 177 Å². The smallest absolute Gasteiger partial charge is 0.338 e. The van der Waals surface area contributed by atoms with Crippen LogP contribution in [0.1, 0.15) is 188 Å². The maximum Gasteiger partial charge on any atom is 0.338 e. The normalized spacial score (nSPS) is 31.1. The van der Waals surface area contributed by atoms with E-state index in [-0.39, 0.29) is 79.8 Å². The molecule has 2 saturated heterocycles. The number of ether oxygens (including phenoxy) is 10. The van der Waals surface area contributed by atoms with Crippen LogP contribution in [0, 0.1) is 50.2 Å². The second-order valence-electron chi connectivity index (χ2n) is 33.8. The number of carbonyl (C=O) groups excluding carboxylic acids is 6. The Bertz CT molecular complexity index is 4560. The van der Waals surface area contributed by atoms with E-state index in [1.54, 1.807) is 159 Å². The van der Waals surface area contributed by atoms with Gasteiger partial charge in [-0.1, -0.05) is 242 Å². The second-order valence-corrected chi connectivity index (χ2v) is 33.8. The van der Waals surface area contributed by atoms with E-state index in [2.05, 4.69) is 90.9 Å². The summed E-state index contributed by atoms with van der Waals surface area (Å²) >= 11 is 0. The van der Waals surface area contributed by atoms with Crippen molar-refractivity contribution in [3.8, 4) is 0 Å². The van der Waals surface area contributed by atoms with Crippen LogP contribution in [0.15, 0.2) is 254 Å². The second kappa shape index (κ2) is 31.0. The summed E-state index contributed by atoms with van der Waals surface area (Å²) in [6, 6.07) is 72.2. The number of hydrogen-bond donors (Lipinski definition) is 0. The van der Waals surface area contributed by atoms with Crippen molar-refractivity contribution in [2.24, 2.45) is 50.2 Å². The third-order valence-corrected chi connectivity index (χ3v) is 26.7. The molecular formula is C95H100O16. The lowest BCUT2D eigenvalue weighted by Gasteiger charge is -2.71. The lowest BCUT2D eigenvalue weighted by atomic mass is 9.33. The highest BCUT2D eigenvalue weighted by atomic mass is 16.8. The molecule has 7 aliphatic rings. The molecule has 16 nitrogen and oxygen atoms in total. The molecular weight excluding hydrogens is 1400 g/mol. The molecule has 2 aliphatic heterocycles. The number of benzene rings is 8. The average Bonchev–Trinajstić information content (AvgIpc) is 0.673. The zero-order valence-corrected chi connectivity index (χ0v) is 64.5. The van der Waals surface area contributed by atoms with E-state index < -0.39 is 108 Å². The molecule has 0 spiro atoms. The van der Waals surface area contributed by atoms with Crippen LogP contribution in [0.3, 0.4) is 0 Å². The topological polar surface area (TPSA) is 195 Å². The predicted molar refractivity (Wildman–Crippen MR) is 416 cm³/mol. The van der Waals surface area contributed by atoms with Crippen molar-refractivity contribution in [2.75, 3.05) is 6.61 Å². The van der Waals surface area contributed by atoms with Crippen molar-refractivity contribution in [2.45, 2.75) is 187 Å². The van der Waals surface area contributed by atoms with Crippen molar-refractivity contribution in [3.63, 3.8) is 0 Å². The maximum atomic E-state index is 16.4. The van der Waals surface area contributed by atoms with Crippen LogP contribution in [0.2, 0.25) is 0 Å². The van der Waals surface area contributed by atoms with Crippen LogP contribution < -0.4 is 0 Å². The van der Waals surface area contributed by atoms with Gasteiger partial charge in [0, 0.05) is 16.7 Å². The van der Waals surface area contributed by atoms with Crippen molar-refractivity contribution >= 4 is 35.8 Å².